The Balaban J connectivity index is 2.27. The van der Waals surface area contributed by atoms with Crippen LogP contribution in [0.1, 0.15) is 32.1 Å². The summed E-state index contributed by atoms with van der Waals surface area (Å²) in [4.78, 5) is 24.4. The maximum Gasteiger partial charge on any atom is 0.471 e. The van der Waals surface area contributed by atoms with Crippen molar-refractivity contribution < 1.29 is 27.9 Å². The fourth-order valence-electron chi connectivity index (χ4n) is 3.21. The van der Waals surface area contributed by atoms with Gasteiger partial charge in [0.15, 0.2) is 0 Å². The number of nitrogen functional groups attached to an aromatic ring is 1. The third-order valence-corrected chi connectivity index (χ3v) is 4.50. The molecule has 0 saturated heterocycles. The fourth-order valence-corrected chi connectivity index (χ4v) is 3.21. The van der Waals surface area contributed by atoms with E-state index in [1.807, 2.05) is 0 Å². The van der Waals surface area contributed by atoms with Gasteiger partial charge in [-0.25, -0.2) is 4.79 Å². The molecule has 0 aromatic heterocycles. The van der Waals surface area contributed by atoms with Crippen molar-refractivity contribution in [2.75, 3.05) is 17.2 Å². The number of carboxylic acids is 1. The summed E-state index contributed by atoms with van der Waals surface area (Å²) in [6.45, 7) is -0.296. The Morgan fingerprint density at radius 1 is 1.23 bits per heavy atom. The van der Waals surface area contributed by atoms with E-state index in [1.165, 1.54) is 0 Å². The normalized spacial score (nSPS) is 16.7. The number of nitrogens with two attached hydrogens (primary N) is 1. The third kappa shape index (κ3) is 5.03. The fraction of sp³-hybridized carbons (Fsp3) is 0.529. The van der Waals surface area contributed by atoms with Gasteiger partial charge >= 0.3 is 18.1 Å². The summed E-state index contributed by atoms with van der Waals surface area (Å²) in [7, 11) is 0. The maximum atomic E-state index is 12.5. The van der Waals surface area contributed by atoms with Crippen molar-refractivity contribution >= 4 is 23.3 Å². The first-order valence-corrected chi connectivity index (χ1v) is 8.41. The topological polar surface area (TPSA) is 95.7 Å². The first-order chi connectivity index (χ1) is 12.2. The van der Waals surface area contributed by atoms with E-state index in [9.17, 15) is 27.9 Å². The van der Waals surface area contributed by atoms with E-state index >= 15 is 0 Å². The van der Waals surface area contributed by atoms with Gasteiger partial charge < -0.3 is 21.1 Å². The summed E-state index contributed by atoms with van der Waals surface area (Å²) in [6, 6.07) is 5.05. The minimum atomic E-state index is -5.14. The number of aliphatic carboxylic acids is 1. The van der Waals surface area contributed by atoms with Crippen molar-refractivity contribution in [1.82, 2.24) is 5.32 Å². The highest BCUT2D eigenvalue weighted by molar-refractivity contribution is 5.87. The van der Waals surface area contributed by atoms with Gasteiger partial charge in [-0.1, -0.05) is 31.4 Å². The average molecular weight is 373 g/mol. The third-order valence-electron chi connectivity index (χ3n) is 4.50. The maximum absolute atomic E-state index is 12.5. The molecule has 6 nitrogen and oxygen atoms in total. The largest absolute Gasteiger partial charge is 0.480 e. The summed E-state index contributed by atoms with van der Waals surface area (Å²) >= 11 is 0. The molecule has 1 fully saturated rings. The number of benzene rings is 1. The average Bonchev–Trinajstić information content (AvgIpc) is 2.59. The molecular weight excluding hydrogens is 351 g/mol. The van der Waals surface area contributed by atoms with Crippen molar-refractivity contribution in [3.05, 3.63) is 24.3 Å². The molecule has 0 bridgehead atoms. The van der Waals surface area contributed by atoms with Crippen LogP contribution >= 0.6 is 0 Å². The van der Waals surface area contributed by atoms with Crippen LogP contribution in [0.2, 0.25) is 0 Å². The first-order valence-electron chi connectivity index (χ1n) is 8.41. The second kappa shape index (κ2) is 8.29. The minimum absolute atomic E-state index is 0.0434. The van der Waals surface area contributed by atoms with Crippen molar-refractivity contribution in [1.29, 1.82) is 0 Å². The number of hydrogen-bond donors (Lipinski definition) is 3. The molecule has 1 aliphatic carbocycles. The highest BCUT2D eigenvalue weighted by Gasteiger charge is 2.41. The molecule has 2 rings (SSSR count). The second-order valence-corrected chi connectivity index (χ2v) is 6.37. The molecule has 9 heteroatoms. The van der Waals surface area contributed by atoms with Crippen LogP contribution in [0.25, 0.3) is 0 Å². The molecule has 1 amide bonds. The van der Waals surface area contributed by atoms with E-state index in [0.29, 0.717) is 11.4 Å². The number of para-hydroxylation sites is 2. The standard InChI is InChI=1S/C17H22F3N3O3/c18-17(19,20)16(26)22-13(15(24)25)10-23(11-6-2-1-3-7-11)14-9-5-4-8-12(14)21/h4-5,8-9,11,13H,1-3,6-7,10,21H2,(H,22,26)(H,24,25). The Hall–Kier alpha value is -2.45. The molecule has 4 N–H and O–H groups in total. The second-order valence-electron chi connectivity index (χ2n) is 6.37. The molecule has 26 heavy (non-hydrogen) atoms. The quantitative estimate of drug-likeness (QED) is 0.666. The van der Waals surface area contributed by atoms with Crippen LogP contribution in [-0.2, 0) is 9.59 Å². The van der Waals surface area contributed by atoms with Crippen LogP contribution in [0.3, 0.4) is 0 Å². The zero-order valence-corrected chi connectivity index (χ0v) is 14.1. The molecule has 1 atom stereocenters. The Kier molecular flexibility index (Phi) is 6.33. The lowest BCUT2D eigenvalue weighted by Crippen LogP contribution is -2.54. The summed E-state index contributed by atoms with van der Waals surface area (Å²) in [5.41, 5.74) is 6.96. The van der Waals surface area contributed by atoms with Gasteiger partial charge in [0.05, 0.1) is 11.4 Å². The van der Waals surface area contributed by atoms with Crippen LogP contribution in [-0.4, -0.2) is 41.8 Å². The number of hydrogen-bond acceptors (Lipinski definition) is 4. The van der Waals surface area contributed by atoms with Gasteiger partial charge in [-0.05, 0) is 25.0 Å². The molecule has 0 heterocycles. The van der Waals surface area contributed by atoms with Crippen molar-refractivity contribution in [2.24, 2.45) is 0 Å². The number of nitrogens with zero attached hydrogens (tertiary/aromatic N) is 1. The van der Waals surface area contributed by atoms with Crippen LogP contribution < -0.4 is 16.0 Å². The van der Waals surface area contributed by atoms with E-state index in [4.69, 9.17) is 5.73 Å². The number of alkyl halides is 3. The molecule has 1 aromatic carbocycles. The van der Waals surface area contributed by atoms with Gasteiger partial charge in [-0.15, -0.1) is 0 Å². The van der Waals surface area contributed by atoms with Gasteiger partial charge in [-0.3, -0.25) is 4.79 Å². The number of carboxylic acid groups (broad SMARTS) is 1. The Labute approximate surface area is 149 Å². The number of carbonyl (C=O) groups is 2. The Morgan fingerprint density at radius 3 is 2.38 bits per heavy atom. The molecule has 1 saturated carbocycles. The Bertz CT molecular complexity index is 646. The lowest BCUT2D eigenvalue weighted by atomic mass is 9.93. The molecule has 0 radical (unpaired) electrons. The van der Waals surface area contributed by atoms with Crippen molar-refractivity contribution in [3.8, 4) is 0 Å². The molecular formula is C17H22F3N3O3. The number of nitrogens with one attached hydrogen (secondary N) is 1. The SMILES string of the molecule is Nc1ccccc1N(CC(NC(=O)C(F)(F)F)C(=O)O)C1CCCCC1. The number of anilines is 2. The van der Waals surface area contributed by atoms with Crippen LogP contribution in [0.4, 0.5) is 24.5 Å². The lowest BCUT2D eigenvalue weighted by Gasteiger charge is -2.38. The summed E-state index contributed by atoms with van der Waals surface area (Å²) < 4.78 is 37.5. The highest BCUT2D eigenvalue weighted by Crippen LogP contribution is 2.31. The van der Waals surface area contributed by atoms with Gasteiger partial charge in [0.25, 0.3) is 0 Å². The molecule has 1 aliphatic rings. The molecule has 0 spiro atoms. The summed E-state index contributed by atoms with van der Waals surface area (Å²) in [5.74, 6) is -3.80. The highest BCUT2D eigenvalue weighted by atomic mass is 19.4. The van der Waals surface area contributed by atoms with Crippen molar-refractivity contribution in [2.45, 2.75) is 50.4 Å². The summed E-state index contributed by atoms with van der Waals surface area (Å²) in [6.07, 6.45) is -0.625. The molecule has 1 aromatic rings. The van der Waals surface area contributed by atoms with E-state index in [1.54, 1.807) is 34.5 Å². The van der Waals surface area contributed by atoms with E-state index in [-0.39, 0.29) is 12.6 Å². The lowest BCUT2D eigenvalue weighted by molar-refractivity contribution is -0.175. The monoisotopic (exact) mass is 373 g/mol. The van der Waals surface area contributed by atoms with Crippen LogP contribution in [0.15, 0.2) is 24.3 Å². The van der Waals surface area contributed by atoms with Crippen LogP contribution in [0.5, 0.6) is 0 Å². The Morgan fingerprint density at radius 2 is 1.85 bits per heavy atom. The number of halogens is 3. The number of rotatable bonds is 6. The van der Waals surface area contributed by atoms with Gasteiger partial charge in [0.2, 0.25) is 0 Å². The zero-order valence-electron chi connectivity index (χ0n) is 14.1. The number of amides is 1. The van der Waals surface area contributed by atoms with E-state index in [0.717, 1.165) is 32.1 Å². The van der Waals surface area contributed by atoms with Gasteiger partial charge in [0.1, 0.15) is 6.04 Å². The van der Waals surface area contributed by atoms with Gasteiger partial charge in [-0.2, -0.15) is 13.2 Å². The summed E-state index contributed by atoms with van der Waals surface area (Å²) in [5, 5.41) is 10.9. The van der Waals surface area contributed by atoms with Gasteiger partial charge in [0, 0.05) is 12.6 Å². The van der Waals surface area contributed by atoms with E-state index < -0.39 is 24.1 Å². The van der Waals surface area contributed by atoms with Crippen molar-refractivity contribution in [3.63, 3.8) is 0 Å². The smallest absolute Gasteiger partial charge is 0.471 e. The first kappa shape index (κ1) is 19.9. The van der Waals surface area contributed by atoms with Crippen LogP contribution in [0, 0.1) is 0 Å². The number of carbonyl (C=O) groups excluding carboxylic acids is 1. The minimum Gasteiger partial charge on any atom is -0.480 e. The molecule has 0 aliphatic heterocycles. The predicted molar refractivity (Wildman–Crippen MR) is 90.7 cm³/mol. The molecule has 1 unspecified atom stereocenters. The zero-order chi connectivity index (χ0) is 19.3. The molecule has 144 valence electrons. The van der Waals surface area contributed by atoms with E-state index in [2.05, 4.69) is 0 Å². The predicted octanol–water partition coefficient (Wildman–Crippen LogP) is 2.54.